The van der Waals surface area contributed by atoms with Gasteiger partial charge >= 0.3 is 0 Å². The van der Waals surface area contributed by atoms with Gasteiger partial charge in [-0.2, -0.15) is 0 Å². The first-order chi connectivity index (χ1) is 9.77. The topological polar surface area (TPSA) is 56.7 Å². The Morgan fingerprint density at radius 2 is 1.90 bits per heavy atom. The van der Waals surface area contributed by atoms with Crippen LogP contribution >= 0.6 is 24.0 Å². The molecule has 3 N–H and O–H groups in total. The van der Waals surface area contributed by atoms with E-state index in [1.807, 2.05) is 30.3 Å². The van der Waals surface area contributed by atoms with E-state index in [0.717, 1.165) is 37.5 Å². The number of aliphatic hydroxyl groups is 1. The van der Waals surface area contributed by atoms with E-state index in [2.05, 4.69) is 29.5 Å². The lowest BCUT2D eigenvalue weighted by Gasteiger charge is -2.14. The van der Waals surface area contributed by atoms with Crippen LogP contribution in [-0.2, 0) is 0 Å². The van der Waals surface area contributed by atoms with Crippen LogP contribution in [0.2, 0.25) is 0 Å². The third-order valence-electron chi connectivity index (χ3n) is 3.02. The van der Waals surface area contributed by atoms with E-state index in [4.69, 9.17) is 0 Å². The number of halogens is 1. The molecule has 0 aliphatic carbocycles. The lowest BCUT2D eigenvalue weighted by molar-refractivity contribution is 0.168. The highest BCUT2D eigenvalue weighted by molar-refractivity contribution is 14.0. The fourth-order valence-electron chi connectivity index (χ4n) is 1.86. The lowest BCUT2D eigenvalue weighted by atomic mass is 10.1. The van der Waals surface area contributed by atoms with E-state index < -0.39 is 6.10 Å². The number of nitrogens with zero attached hydrogens (tertiary/aromatic N) is 1. The molecule has 0 spiro atoms. The van der Waals surface area contributed by atoms with Gasteiger partial charge in [0.25, 0.3) is 0 Å². The molecule has 21 heavy (non-hydrogen) atoms. The number of hydrogen-bond donors (Lipinski definition) is 3. The van der Waals surface area contributed by atoms with Crippen molar-refractivity contribution in [2.75, 3.05) is 19.6 Å². The van der Waals surface area contributed by atoms with E-state index in [-0.39, 0.29) is 24.0 Å². The molecule has 0 amide bonds. The van der Waals surface area contributed by atoms with Crippen molar-refractivity contribution in [3.05, 3.63) is 35.9 Å². The Bertz CT molecular complexity index is 384. The standard InChI is InChI=1S/C16H27N3O.HI/c1-3-5-12-18-16(17-4-2)19-13-11-15(20)14-9-7-6-8-10-14;/h6-10,15,20H,3-5,11-13H2,1-2H3,(H2,17,18,19);1H. The van der Waals surface area contributed by atoms with Gasteiger partial charge in [0.2, 0.25) is 0 Å². The molecular weight excluding hydrogens is 377 g/mol. The van der Waals surface area contributed by atoms with E-state index in [0.29, 0.717) is 13.0 Å². The van der Waals surface area contributed by atoms with Gasteiger partial charge < -0.3 is 15.7 Å². The maximum Gasteiger partial charge on any atom is 0.191 e. The fourth-order valence-corrected chi connectivity index (χ4v) is 1.86. The molecule has 1 aromatic carbocycles. The quantitative estimate of drug-likeness (QED) is 0.270. The molecule has 0 heterocycles. The summed E-state index contributed by atoms with van der Waals surface area (Å²) in [5.41, 5.74) is 0.960. The SMILES string of the molecule is CCCCN=C(NCC)NCCC(O)c1ccccc1.I. The highest BCUT2D eigenvalue weighted by Gasteiger charge is 2.06. The van der Waals surface area contributed by atoms with Crippen molar-refractivity contribution < 1.29 is 5.11 Å². The molecule has 1 rings (SSSR count). The maximum atomic E-state index is 10.1. The zero-order valence-electron chi connectivity index (χ0n) is 13.0. The molecule has 0 fully saturated rings. The third kappa shape index (κ3) is 8.93. The second-order valence-electron chi connectivity index (χ2n) is 4.76. The monoisotopic (exact) mass is 405 g/mol. The van der Waals surface area contributed by atoms with Crippen LogP contribution in [0.3, 0.4) is 0 Å². The molecule has 0 aromatic heterocycles. The molecule has 5 heteroatoms. The van der Waals surface area contributed by atoms with Gasteiger partial charge in [0, 0.05) is 19.6 Å². The third-order valence-corrected chi connectivity index (χ3v) is 3.02. The van der Waals surface area contributed by atoms with Gasteiger partial charge in [-0.05, 0) is 25.3 Å². The summed E-state index contributed by atoms with van der Waals surface area (Å²) in [4.78, 5) is 4.49. The zero-order valence-corrected chi connectivity index (χ0v) is 15.3. The Morgan fingerprint density at radius 1 is 1.19 bits per heavy atom. The molecule has 120 valence electrons. The Labute approximate surface area is 145 Å². The van der Waals surface area contributed by atoms with E-state index in [1.54, 1.807) is 0 Å². The minimum atomic E-state index is -0.429. The summed E-state index contributed by atoms with van der Waals surface area (Å²) < 4.78 is 0. The van der Waals surface area contributed by atoms with Gasteiger partial charge in [-0.25, -0.2) is 0 Å². The second kappa shape index (κ2) is 12.9. The minimum absolute atomic E-state index is 0. The highest BCUT2D eigenvalue weighted by atomic mass is 127. The number of benzene rings is 1. The number of aliphatic hydroxyl groups excluding tert-OH is 1. The fraction of sp³-hybridized carbons (Fsp3) is 0.562. The van der Waals surface area contributed by atoms with Gasteiger partial charge in [-0.1, -0.05) is 43.7 Å². The van der Waals surface area contributed by atoms with E-state index in [9.17, 15) is 5.11 Å². The molecule has 0 saturated heterocycles. The van der Waals surface area contributed by atoms with Crippen molar-refractivity contribution in [3.63, 3.8) is 0 Å². The van der Waals surface area contributed by atoms with Crippen LogP contribution in [-0.4, -0.2) is 30.7 Å². The minimum Gasteiger partial charge on any atom is -0.388 e. The Kier molecular flexibility index (Phi) is 12.4. The van der Waals surface area contributed by atoms with Crippen LogP contribution in [0.25, 0.3) is 0 Å². The number of aliphatic imine (C=N–C) groups is 1. The predicted octanol–water partition coefficient (Wildman–Crippen LogP) is 3.08. The summed E-state index contributed by atoms with van der Waals surface area (Å²) >= 11 is 0. The molecule has 4 nitrogen and oxygen atoms in total. The predicted molar refractivity (Wildman–Crippen MR) is 100 cm³/mol. The molecule has 1 atom stereocenters. The first kappa shape index (κ1) is 20.2. The summed E-state index contributed by atoms with van der Waals surface area (Å²) in [6.45, 7) is 6.60. The van der Waals surface area contributed by atoms with Crippen molar-refractivity contribution in [3.8, 4) is 0 Å². The Morgan fingerprint density at radius 3 is 2.52 bits per heavy atom. The smallest absolute Gasteiger partial charge is 0.191 e. The second-order valence-corrected chi connectivity index (χ2v) is 4.76. The zero-order chi connectivity index (χ0) is 14.6. The average molecular weight is 405 g/mol. The van der Waals surface area contributed by atoms with Crippen molar-refractivity contribution >= 4 is 29.9 Å². The number of hydrogen-bond acceptors (Lipinski definition) is 2. The molecular formula is C16H28IN3O. The van der Waals surface area contributed by atoms with Crippen molar-refractivity contribution in [2.45, 2.75) is 39.2 Å². The Hall–Kier alpha value is -0.820. The molecule has 0 bridgehead atoms. The molecule has 0 aliphatic heterocycles. The van der Waals surface area contributed by atoms with Crippen LogP contribution in [0.5, 0.6) is 0 Å². The summed E-state index contributed by atoms with van der Waals surface area (Å²) in [5.74, 6) is 0.834. The van der Waals surface area contributed by atoms with Crippen LogP contribution in [0.15, 0.2) is 35.3 Å². The first-order valence-electron chi connectivity index (χ1n) is 7.53. The summed E-state index contributed by atoms with van der Waals surface area (Å²) in [6, 6.07) is 9.75. The lowest BCUT2D eigenvalue weighted by Crippen LogP contribution is -2.38. The number of unbranched alkanes of at least 4 members (excludes halogenated alkanes) is 1. The maximum absolute atomic E-state index is 10.1. The summed E-state index contributed by atoms with van der Waals surface area (Å²) in [5, 5.41) is 16.5. The number of nitrogens with one attached hydrogen (secondary N) is 2. The van der Waals surface area contributed by atoms with Gasteiger partial charge in [0.1, 0.15) is 0 Å². The first-order valence-corrected chi connectivity index (χ1v) is 7.53. The van der Waals surface area contributed by atoms with Crippen molar-refractivity contribution in [2.24, 2.45) is 4.99 Å². The molecule has 1 aromatic rings. The van der Waals surface area contributed by atoms with Gasteiger partial charge in [-0.15, -0.1) is 24.0 Å². The number of rotatable bonds is 8. The van der Waals surface area contributed by atoms with Crippen LogP contribution in [0.1, 0.15) is 44.8 Å². The van der Waals surface area contributed by atoms with Crippen LogP contribution in [0, 0.1) is 0 Å². The van der Waals surface area contributed by atoms with Crippen LogP contribution in [0.4, 0.5) is 0 Å². The van der Waals surface area contributed by atoms with E-state index >= 15 is 0 Å². The summed E-state index contributed by atoms with van der Waals surface area (Å²) in [7, 11) is 0. The Balaban J connectivity index is 0.00000400. The van der Waals surface area contributed by atoms with Gasteiger partial charge in [0.15, 0.2) is 5.96 Å². The normalized spacial score (nSPS) is 12.4. The molecule has 0 aliphatic rings. The molecule has 0 saturated carbocycles. The van der Waals surface area contributed by atoms with Crippen molar-refractivity contribution in [1.29, 1.82) is 0 Å². The average Bonchev–Trinajstić information content (AvgIpc) is 2.48. The van der Waals surface area contributed by atoms with Gasteiger partial charge in [-0.3, -0.25) is 4.99 Å². The number of guanidine groups is 1. The van der Waals surface area contributed by atoms with Crippen LogP contribution < -0.4 is 10.6 Å². The summed E-state index contributed by atoms with van der Waals surface area (Å²) in [6.07, 6.45) is 2.49. The van der Waals surface area contributed by atoms with Crippen molar-refractivity contribution in [1.82, 2.24) is 10.6 Å². The highest BCUT2D eigenvalue weighted by Crippen LogP contribution is 2.14. The largest absolute Gasteiger partial charge is 0.388 e. The molecule has 0 radical (unpaired) electrons. The van der Waals surface area contributed by atoms with E-state index in [1.165, 1.54) is 0 Å². The van der Waals surface area contributed by atoms with Gasteiger partial charge in [0.05, 0.1) is 6.10 Å². The molecule has 1 unspecified atom stereocenters.